The molecule has 2 N–H and O–H groups in total. The van der Waals surface area contributed by atoms with Gasteiger partial charge >= 0.3 is 0 Å². The maximum Gasteiger partial charge on any atom is 0.266 e. The van der Waals surface area contributed by atoms with Crippen LogP contribution in [0.25, 0.3) is 10.9 Å². The van der Waals surface area contributed by atoms with E-state index in [2.05, 4.69) is 36.6 Å². The van der Waals surface area contributed by atoms with Gasteiger partial charge in [0.15, 0.2) is 0 Å². The highest BCUT2D eigenvalue weighted by Gasteiger charge is 2.24. The highest BCUT2D eigenvalue weighted by molar-refractivity contribution is 7.93. The molecule has 4 aromatic rings. The second kappa shape index (κ2) is 7.66. The van der Waals surface area contributed by atoms with E-state index in [1.807, 2.05) is 13.0 Å². The SMILES string of the molecule is C[C@H](c1cccc2c1CNCC2)n1ncc2cc(S(=O)(=O)Nc3ncns3)c(F)cc21. The maximum atomic E-state index is 14.9. The average molecular weight is 459 g/mol. The van der Waals surface area contributed by atoms with Crippen LogP contribution in [0.15, 0.2) is 47.8 Å². The van der Waals surface area contributed by atoms with E-state index in [1.165, 1.54) is 29.6 Å². The van der Waals surface area contributed by atoms with Crippen molar-refractivity contribution in [2.24, 2.45) is 0 Å². The highest BCUT2D eigenvalue weighted by atomic mass is 32.2. The van der Waals surface area contributed by atoms with Crippen LogP contribution in [-0.2, 0) is 23.0 Å². The van der Waals surface area contributed by atoms with Crippen LogP contribution in [0.4, 0.5) is 9.52 Å². The molecule has 0 saturated heterocycles. The van der Waals surface area contributed by atoms with Gasteiger partial charge in [-0.3, -0.25) is 9.40 Å². The second-order valence-electron chi connectivity index (χ2n) is 7.37. The van der Waals surface area contributed by atoms with E-state index >= 15 is 0 Å². The predicted molar refractivity (Wildman–Crippen MR) is 116 cm³/mol. The van der Waals surface area contributed by atoms with Crippen LogP contribution in [0, 0.1) is 5.82 Å². The van der Waals surface area contributed by atoms with Gasteiger partial charge in [-0.05, 0) is 42.6 Å². The topological polar surface area (TPSA) is 102 Å². The van der Waals surface area contributed by atoms with Crippen molar-refractivity contribution in [1.29, 1.82) is 0 Å². The van der Waals surface area contributed by atoms with Crippen molar-refractivity contribution < 1.29 is 12.8 Å². The molecule has 0 unspecified atom stereocenters. The number of hydrogen-bond acceptors (Lipinski definition) is 7. The van der Waals surface area contributed by atoms with Crippen LogP contribution in [-0.4, -0.2) is 34.1 Å². The van der Waals surface area contributed by atoms with Crippen molar-refractivity contribution in [3.63, 3.8) is 0 Å². The molecule has 0 spiro atoms. The highest BCUT2D eigenvalue weighted by Crippen LogP contribution is 2.31. The Bertz CT molecular complexity index is 1370. The van der Waals surface area contributed by atoms with Crippen molar-refractivity contribution in [3.8, 4) is 0 Å². The minimum atomic E-state index is -4.14. The second-order valence-corrected chi connectivity index (χ2v) is 9.80. The summed E-state index contributed by atoms with van der Waals surface area (Å²) in [4.78, 5) is 3.33. The lowest BCUT2D eigenvalue weighted by molar-refractivity contribution is 0.556. The number of hydrogen-bond donors (Lipinski definition) is 2. The van der Waals surface area contributed by atoms with Gasteiger partial charge in [-0.25, -0.2) is 17.8 Å². The fraction of sp³-hybridized carbons (Fsp3) is 0.250. The Morgan fingerprint density at radius 2 is 2.19 bits per heavy atom. The number of benzene rings is 2. The van der Waals surface area contributed by atoms with E-state index in [-0.39, 0.29) is 11.2 Å². The number of halogens is 1. The summed E-state index contributed by atoms with van der Waals surface area (Å²) in [6.07, 6.45) is 3.75. The van der Waals surface area contributed by atoms with Crippen molar-refractivity contribution in [1.82, 2.24) is 24.5 Å². The minimum absolute atomic E-state index is 0.0753. The van der Waals surface area contributed by atoms with Crippen LogP contribution in [0.1, 0.15) is 29.7 Å². The van der Waals surface area contributed by atoms with E-state index < -0.39 is 20.7 Å². The molecular weight excluding hydrogens is 439 g/mol. The molecule has 160 valence electrons. The van der Waals surface area contributed by atoms with E-state index in [9.17, 15) is 12.8 Å². The van der Waals surface area contributed by atoms with E-state index in [4.69, 9.17) is 0 Å². The Hall–Kier alpha value is -2.89. The maximum absolute atomic E-state index is 14.9. The molecule has 11 heteroatoms. The molecule has 1 aliphatic heterocycles. The van der Waals surface area contributed by atoms with Gasteiger partial charge in [0.25, 0.3) is 10.0 Å². The van der Waals surface area contributed by atoms with Gasteiger partial charge in [0.2, 0.25) is 5.13 Å². The zero-order chi connectivity index (χ0) is 21.6. The summed E-state index contributed by atoms with van der Waals surface area (Å²) in [6.45, 7) is 3.74. The number of fused-ring (bicyclic) bond motifs is 2. The molecule has 5 rings (SSSR count). The van der Waals surface area contributed by atoms with E-state index in [0.29, 0.717) is 10.9 Å². The number of rotatable bonds is 5. The average Bonchev–Trinajstić information content (AvgIpc) is 3.41. The summed E-state index contributed by atoms with van der Waals surface area (Å²) in [5.74, 6) is -0.852. The van der Waals surface area contributed by atoms with E-state index in [1.54, 1.807) is 10.9 Å². The Balaban J connectivity index is 1.55. The number of aromatic nitrogens is 4. The van der Waals surface area contributed by atoms with E-state index in [0.717, 1.165) is 36.6 Å². The van der Waals surface area contributed by atoms with Gasteiger partial charge in [-0.2, -0.15) is 9.47 Å². The molecule has 0 aliphatic carbocycles. The van der Waals surface area contributed by atoms with Crippen molar-refractivity contribution in [3.05, 3.63) is 65.4 Å². The standard InChI is InChI=1S/C20H19FN6O2S2/c1-12(15-4-2-3-13-5-6-22-10-16(13)15)27-18-8-17(21)19(7-14(18)9-24-27)31(28,29)26-20-23-11-25-30-20/h2-4,7-9,11-12,22H,5-6,10H2,1H3,(H,23,25,26)/t12-/m1/s1. The van der Waals surface area contributed by atoms with Gasteiger partial charge in [0, 0.05) is 29.5 Å². The third kappa shape index (κ3) is 3.58. The third-order valence-electron chi connectivity index (χ3n) is 5.52. The summed E-state index contributed by atoms with van der Waals surface area (Å²) in [5, 5.41) is 8.46. The first-order chi connectivity index (χ1) is 14.9. The van der Waals surface area contributed by atoms with Crippen molar-refractivity contribution in [2.75, 3.05) is 11.3 Å². The first-order valence-electron chi connectivity index (χ1n) is 9.71. The largest absolute Gasteiger partial charge is 0.312 e. The Labute approximate surface area is 182 Å². The molecule has 1 atom stereocenters. The summed E-state index contributed by atoms with van der Waals surface area (Å²) in [6, 6.07) is 8.61. The van der Waals surface area contributed by atoms with Crippen LogP contribution < -0.4 is 10.0 Å². The summed E-state index contributed by atoms with van der Waals surface area (Å²) < 4.78 is 48.0. The Morgan fingerprint density at radius 1 is 1.32 bits per heavy atom. The molecule has 0 bridgehead atoms. The van der Waals surface area contributed by atoms with Crippen LogP contribution in [0.3, 0.4) is 0 Å². The Morgan fingerprint density at radius 3 is 3.00 bits per heavy atom. The Kier molecular flexibility index (Phi) is 4.95. The number of anilines is 1. The smallest absolute Gasteiger partial charge is 0.266 e. The fourth-order valence-corrected chi connectivity index (χ4v) is 5.77. The molecule has 2 aromatic heterocycles. The zero-order valence-corrected chi connectivity index (χ0v) is 18.2. The van der Waals surface area contributed by atoms with Crippen LogP contribution in [0.2, 0.25) is 0 Å². The molecular formula is C20H19FN6O2S2. The summed E-state index contributed by atoms with van der Waals surface area (Å²) in [5.41, 5.74) is 4.19. The molecule has 0 amide bonds. The number of nitrogens with one attached hydrogen (secondary N) is 2. The van der Waals surface area contributed by atoms with Gasteiger partial charge in [0.05, 0.1) is 17.8 Å². The first kappa shape index (κ1) is 20.0. The molecule has 3 heterocycles. The minimum Gasteiger partial charge on any atom is -0.312 e. The lowest BCUT2D eigenvalue weighted by atomic mass is 9.92. The normalized spacial score (nSPS) is 15.0. The van der Waals surface area contributed by atoms with Gasteiger partial charge in [-0.1, -0.05) is 18.2 Å². The molecule has 31 heavy (non-hydrogen) atoms. The third-order valence-corrected chi connectivity index (χ3v) is 7.58. The molecule has 2 aromatic carbocycles. The predicted octanol–water partition coefficient (Wildman–Crippen LogP) is 3.08. The monoisotopic (exact) mass is 458 g/mol. The summed E-state index contributed by atoms with van der Waals surface area (Å²) in [7, 11) is -4.14. The zero-order valence-electron chi connectivity index (χ0n) is 16.5. The number of nitrogens with zero attached hydrogens (tertiary/aromatic N) is 4. The van der Waals surface area contributed by atoms with Gasteiger partial charge in [-0.15, -0.1) is 0 Å². The quantitative estimate of drug-likeness (QED) is 0.477. The molecule has 1 aliphatic rings. The molecule has 0 radical (unpaired) electrons. The lowest BCUT2D eigenvalue weighted by Crippen LogP contribution is -2.26. The van der Waals surface area contributed by atoms with Crippen LogP contribution >= 0.6 is 11.5 Å². The first-order valence-corrected chi connectivity index (χ1v) is 12.0. The fourth-order valence-electron chi connectivity index (χ4n) is 4.01. The van der Waals surface area contributed by atoms with Crippen molar-refractivity contribution >= 4 is 37.6 Å². The van der Waals surface area contributed by atoms with Gasteiger partial charge in [0.1, 0.15) is 17.0 Å². The summed E-state index contributed by atoms with van der Waals surface area (Å²) >= 11 is 0.875. The number of sulfonamides is 1. The molecule has 0 saturated carbocycles. The lowest BCUT2D eigenvalue weighted by Gasteiger charge is -2.24. The molecule has 0 fully saturated rings. The van der Waals surface area contributed by atoms with Crippen molar-refractivity contribution in [2.45, 2.75) is 30.8 Å². The molecule has 8 nitrogen and oxygen atoms in total. The van der Waals surface area contributed by atoms with Crippen LogP contribution in [0.5, 0.6) is 0 Å². The van der Waals surface area contributed by atoms with Gasteiger partial charge < -0.3 is 5.32 Å².